The molecule has 5 heteroatoms. The third-order valence-corrected chi connectivity index (χ3v) is 2.82. The second-order valence-corrected chi connectivity index (χ2v) is 5.69. The molecule has 0 bridgehead atoms. The fourth-order valence-corrected chi connectivity index (χ4v) is 1.39. The van der Waals surface area contributed by atoms with Crippen molar-refractivity contribution in [2.45, 2.75) is 19.8 Å². The molecule has 1 aromatic rings. The van der Waals surface area contributed by atoms with E-state index in [4.69, 9.17) is 11.6 Å². The number of benzene rings is 1. The van der Waals surface area contributed by atoms with Gasteiger partial charge in [-0.05, 0) is 39.5 Å². The summed E-state index contributed by atoms with van der Waals surface area (Å²) in [5.74, 6) is 0.559. The van der Waals surface area contributed by atoms with Crippen LogP contribution in [-0.4, -0.2) is 0 Å². The molecule has 0 nitrogen and oxygen atoms in total. The van der Waals surface area contributed by atoms with Gasteiger partial charge in [-0.25, -0.2) is 0 Å². The Labute approximate surface area is 113 Å². The molecule has 0 radical (unpaired) electrons. The van der Waals surface area contributed by atoms with Crippen LogP contribution in [0.1, 0.15) is 25.3 Å². The van der Waals surface area contributed by atoms with Gasteiger partial charge in [0.2, 0.25) is 0 Å². The summed E-state index contributed by atoms with van der Waals surface area (Å²) in [6.45, 7) is 4.32. The van der Waals surface area contributed by atoms with Crippen molar-refractivity contribution in [3.63, 3.8) is 0 Å². The first-order chi connectivity index (χ1) is 6.52. The van der Waals surface area contributed by atoms with Crippen molar-refractivity contribution in [1.82, 2.24) is 0 Å². The number of hydrogen-bond acceptors (Lipinski definition) is 0. The summed E-state index contributed by atoms with van der Waals surface area (Å²) >= 11 is 9.98. The average Bonchev–Trinajstić information content (AvgIpc) is 2.10. The zero-order valence-corrected chi connectivity index (χ0v) is 12.4. The van der Waals surface area contributed by atoms with Gasteiger partial charge in [0.15, 0.2) is 0 Å². The van der Waals surface area contributed by atoms with Gasteiger partial charge in [0.25, 0.3) is 0 Å². The molecule has 85 valence electrons. The molecule has 0 saturated carbocycles. The van der Waals surface area contributed by atoms with Crippen LogP contribution in [0, 0.1) is 0 Å². The average molecular weight is 368 g/mol. The van der Waals surface area contributed by atoms with E-state index in [1.54, 1.807) is 0 Å². The van der Waals surface area contributed by atoms with Crippen molar-refractivity contribution in [2.75, 3.05) is 0 Å². The minimum absolute atomic E-state index is 0.559. The van der Waals surface area contributed by atoms with Crippen LogP contribution in [0.5, 0.6) is 0 Å². The second-order valence-electron chi connectivity index (χ2n) is 2.87. The Balaban J connectivity index is 0.000000500. The monoisotopic (exact) mass is 365 g/mol. The molecule has 0 spiro atoms. The molecule has 0 fully saturated rings. The predicted octanol–water partition coefficient (Wildman–Crippen LogP) is 5.60. The fraction of sp³-hybridized carbons (Fsp3) is 0.333. The molecular weight excluding hydrogens is 358 g/mol. The fourth-order valence-electron chi connectivity index (χ4n) is 0.871. The Kier molecular flexibility index (Phi) is 8.91. The van der Waals surface area contributed by atoms with E-state index in [0.29, 0.717) is 5.92 Å². The molecule has 0 N–H and O–H groups in total. The van der Waals surface area contributed by atoms with Gasteiger partial charge in [0, 0.05) is 4.47 Å². The summed E-state index contributed by atoms with van der Waals surface area (Å²) in [6.07, 6.45) is 0. The van der Waals surface area contributed by atoms with Crippen LogP contribution in [0.3, 0.4) is 0 Å². The zero-order valence-electron chi connectivity index (χ0n) is 7.62. The molecule has 0 heterocycles. The van der Waals surface area contributed by atoms with Crippen LogP contribution in [-0.2, 0) is 13.1 Å². The third kappa shape index (κ3) is 5.85. The zero-order chi connectivity index (χ0) is 11.1. The maximum absolute atomic E-state index is 5.84. The molecule has 0 aromatic heterocycles. The maximum atomic E-state index is 5.84. The van der Waals surface area contributed by atoms with Gasteiger partial charge in [-0.2, -0.15) is 0 Å². The first-order valence-electron chi connectivity index (χ1n) is 3.79. The number of rotatable bonds is 1. The molecule has 1 aromatic carbocycles. The summed E-state index contributed by atoms with van der Waals surface area (Å²) in [4.78, 5) is 0. The van der Waals surface area contributed by atoms with E-state index in [9.17, 15) is 0 Å². The predicted molar refractivity (Wildman–Crippen MR) is 64.9 cm³/mol. The van der Waals surface area contributed by atoms with Crippen LogP contribution in [0.4, 0.5) is 0 Å². The molecule has 1 rings (SSSR count). The molecule has 0 aliphatic carbocycles. The Bertz CT molecular complexity index is 279. The van der Waals surface area contributed by atoms with Gasteiger partial charge in [0.1, 0.15) is 0 Å². The topological polar surface area (TPSA) is 0 Å². The normalized spacial score (nSPS) is 9.93. The number of halogens is 4. The van der Waals surface area contributed by atoms with Crippen molar-refractivity contribution in [2.24, 2.45) is 0 Å². The van der Waals surface area contributed by atoms with Crippen LogP contribution >= 0.6 is 47.7 Å². The van der Waals surface area contributed by atoms with Crippen LogP contribution < -0.4 is 0 Å². The van der Waals surface area contributed by atoms with E-state index in [1.807, 2.05) is 6.07 Å². The molecule has 0 aliphatic rings. The summed E-state index contributed by atoms with van der Waals surface area (Å²) in [6, 6.07) is 6.03. The SMILES string of the molecule is CC(C)c1ccc(Cl)c(Br)c1.[Cl][Cu][Cl]. The molecule has 0 aliphatic heterocycles. The number of hydrogen-bond donors (Lipinski definition) is 0. The van der Waals surface area contributed by atoms with Crippen molar-refractivity contribution in [1.29, 1.82) is 0 Å². The Hall–Kier alpha value is 1.09. The molecule has 0 atom stereocenters. The first kappa shape index (κ1) is 15.1. The van der Waals surface area contributed by atoms with Crippen molar-refractivity contribution in [3.8, 4) is 0 Å². The first-order valence-corrected chi connectivity index (χ1v) is 7.55. The van der Waals surface area contributed by atoms with Gasteiger partial charge in [-0.1, -0.05) is 31.5 Å². The van der Waals surface area contributed by atoms with E-state index in [0.717, 1.165) is 22.6 Å². The molecule has 0 amide bonds. The molecule has 0 unspecified atom stereocenters. The standard InChI is InChI=1S/C9H10BrCl.2ClH.Cu/c1-6(2)7-3-4-9(11)8(10)5-7;;;/h3-6H,1-2H3;2*1H;/q;;;+2/p-2. The van der Waals surface area contributed by atoms with E-state index in [-0.39, 0.29) is 0 Å². The molecular formula is C9H10BrCl3Cu. The van der Waals surface area contributed by atoms with Gasteiger partial charge >= 0.3 is 33.3 Å². The van der Waals surface area contributed by atoms with Crippen molar-refractivity contribution >= 4 is 47.7 Å². The van der Waals surface area contributed by atoms with E-state index >= 15 is 0 Å². The third-order valence-electron chi connectivity index (χ3n) is 1.61. The van der Waals surface area contributed by atoms with Crippen molar-refractivity contribution < 1.29 is 13.1 Å². The van der Waals surface area contributed by atoms with Crippen LogP contribution in [0.25, 0.3) is 0 Å². The van der Waals surface area contributed by atoms with Gasteiger partial charge in [-0.3, -0.25) is 0 Å². The molecule has 0 saturated heterocycles. The van der Waals surface area contributed by atoms with E-state index in [2.05, 4.69) is 62.1 Å². The summed E-state index contributed by atoms with van der Waals surface area (Å²) in [5.41, 5.74) is 1.31. The van der Waals surface area contributed by atoms with E-state index < -0.39 is 0 Å². The van der Waals surface area contributed by atoms with Crippen LogP contribution in [0.15, 0.2) is 22.7 Å². The van der Waals surface area contributed by atoms with Gasteiger partial charge in [-0.15, -0.1) is 0 Å². The minimum atomic E-state index is 0.559. The summed E-state index contributed by atoms with van der Waals surface area (Å²) in [7, 11) is 9.34. The van der Waals surface area contributed by atoms with E-state index in [1.165, 1.54) is 5.56 Å². The Morgan fingerprint density at radius 1 is 1.29 bits per heavy atom. The van der Waals surface area contributed by atoms with Crippen LogP contribution in [0.2, 0.25) is 5.02 Å². The Morgan fingerprint density at radius 3 is 2.14 bits per heavy atom. The Morgan fingerprint density at radius 2 is 1.79 bits per heavy atom. The van der Waals surface area contributed by atoms with Gasteiger partial charge < -0.3 is 0 Å². The quantitative estimate of drug-likeness (QED) is 0.566. The molecule has 14 heavy (non-hydrogen) atoms. The summed E-state index contributed by atoms with van der Waals surface area (Å²) < 4.78 is 0.977. The van der Waals surface area contributed by atoms with Crippen molar-refractivity contribution in [3.05, 3.63) is 33.3 Å². The van der Waals surface area contributed by atoms with Gasteiger partial charge in [0.05, 0.1) is 5.02 Å². The summed E-state index contributed by atoms with van der Waals surface area (Å²) in [5, 5.41) is 0.773. The second kappa shape index (κ2) is 8.27.